The summed E-state index contributed by atoms with van der Waals surface area (Å²) in [6, 6.07) is 1.98. The molecule has 7 heteroatoms. The highest BCUT2D eigenvalue weighted by Gasteiger charge is 2.32. The number of hydrogen-bond donors (Lipinski definition) is 1. The average molecular weight is 346 g/mol. The molecule has 1 N–H and O–H groups in total. The minimum atomic E-state index is -3.05. The summed E-state index contributed by atoms with van der Waals surface area (Å²) in [6.07, 6.45) is 0. The lowest BCUT2D eigenvalue weighted by atomic mass is 10.3. The highest BCUT2D eigenvalue weighted by molar-refractivity contribution is 8.01. The second-order valence-electron chi connectivity index (χ2n) is 4.71. The summed E-state index contributed by atoms with van der Waals surface area (Å²) in [5.74, 6) is 7.31. The Morgan fingerprint density at radius 1 is 1.52 bits per heavy atom. The van der Waals surface area contributed by atoms with E-state index in [1.807, 2.05) is 11.4 Å². The average Bonchev–Trinajstić information content (AvgIpc) is 2.93. The predicted molar refractivity (Wildman–Crippen MR) is 89.3 cm³/mol. The molecule has 1 fully saturated rings. The highest BCUT2D eigenvalue weighted by Crippen LogP contribution is 2.25. The van der Waals surface area contributed by atoms with Crippen LogP contribution in [0.3, 0.4) is 0 Å². The van der Waals surface area contributed by atoms with Crippen molar-refractivity contribution in [2.45, 2.75) is 18.8 Å². The van der Waals surface area contributed by atoms with Crippen LogP contribution in [0.1, 0.15) is 17.4 Å². The second kappa shape index (κ2) is 7.65. The maximum atomic E-state index is 12.2. The minimum absolute atomic E-state index is 0.147. The van der Waals surface area contributed by atoms with Crippen molar-refractivity contribution in [2.75, 3.05) is 30.4 Å². The van der Waals surface area contributed by atoms with Gasteiger partial charge in [-0.05, 0) is 6.07 Å². The van der Waals surface area contributed by atoms with Crippen LogP contribution in [0.25, 0.3) is 0 Å². The first kappa shape index (κ1) is 16.8. The predicted octanol–water partition coefficient (Wildman–Crippen LogP) is 1.40. The van der Waals surface area contributed by atoms with Crippen LogP contribution in [0.4, 0.5) is 0 Å². The van der Waals surface area contributed by atoms with Crippen molar-refractivity contribution in [1.29, 1.82) is 0 Å². The molecule has 1 unspecified atom stereocenters. The van der Waals surface area contributed by atoms with Crippen LogP contribution >= 0.6 is 23.1 Å². The smallest absolute Gasteiger partial charge is 0.166 e. The Morgan fingerprint density at radius 3 is 3.05 bits per heavy atom. The van der Waals surface area contributed by atoms with E-state index in [1.165, 1.54) is 0 Å². The van der Waals surface area contributed by atoms with Gasteiger partial charge < -0.3 is 5.11 Å². The third kappa shape index (κ3) is 4.47. The van der Waals surface area contributed by atoms with Crippen LogP contribution in [0.5, 0.6) is 0 Å². The summed E-state index contributed by atoms with van der Waals surface area (Å²) in [4.78, 5) is 3.17. The number of sulfone groups is 1. The Hall–Kier alpha value is -0.520. The minimum Gasteiger partial charge on any atom is -0.384 e. The molecule has 1 aliphatic heterocycles. The van der Waals surface area contributed by atoms with Gasteiger partial charge in [0, 0.05) is 46.2 Å². The molecule has 0 radical (unpaired) electrons. The van der Waals surface area contributed by atoms with Gasteiger partial charge in [-0.25, -0.2) is 8.42 Å². The molecule has 1 atom stereocenters. The van der Waals surface area contributed by atoms with Crippen LogP contribution in [-0.4, -0.2) is 54.2 Å². The van der Waals surface area contributed by atoms with Crippen LogP contribution in [0, 0.1) is 11.8 Å². The monoisotopic (exact) mass is 345 g/mol. The number of thiophene rings is 1. The molecule has 1 aromatic rings. The lowest BCUT2D eigenvalue weighted by Crippen LogP contribution is -2.47. The van der Waals surface area contributed by atoms with Crippen molar-refractivity contribution in [2.24, 2.45) is 0 Å². The molecule has 21 heavy (non-hydrogen) atoms. The molecule has 0 amide bonds. The van der Waals surface area contributed by atoms with E-state index in [0.29, 0.717) is 12.3 Å². The van der Waals surface area contributed by atoms with Crippen LogP contribution < -0.4 is 0 Å². The van der Waals surface area contributed by atoms with Gasteiger partial charge in [-0.2, -0.15) is 11.8 Å². The molecule has 0 bridgehead atoms. The molecule has 1 aliphatic rings. The molecule has 1 saturated heterocycles. The summed E-state index contributed by atoms with van der Waals surface area (Å²) in [5, 5.41) is 10.3. The fourth-order valence-corrected chi connectivity index (χ4v) is 6.11. The number of thioether (sulfide) groups is 1. The van der Waals surface area contributed by atoms with Crippen LogP contribution in [0.15, 0.2) is 11.4 Å². The summed E-state index contributed by atoms with van der Waals surface area (Å²) in [7, 11) is -3.05. The first-order chi connectivity index (χ1) is 10.1. The van der Waals surface area contributed by atoms with Crippen molar-refractivity contribution in [3.8, 4) is 11.8 Å². The highest BCUT2D eigenvalue weighted by atomic mass is 32.2. The Labute approximate surface area is 134 Å². The van der Waals surface area contributed by atoms with E-state index in [4.69, 9.17) is 5.11 Å². The summed E-state index contributed by atoms with van der Waals surface area (Å²) in [6.45, 7) is 3.01. The van der Waals surface area contributed by atoms with E-state index in [0.717, 1.165) is 22.7 Å². The Bertz CT molecular complexity index is 627. The van der Waals surface area contributed by atoms with E-state index in [-0.39, 0.29) is 17.7 Å². The summed E-state index contributed by atoms with van der Waals surface area (Å²) in [5.41, 5.74) is 0.880. The van der Waals surface area contributed by atoms with E-state index in [9.17, 15) is 8.42 Å². The lowest BCUT2D eigenvalue weighted by molar-refractivity contribution is 0.264. The topological polar surface area (TPSA) is 57.6 Å². The van der Waals surface area contributed by atoms with Gasteiger partial charge in [0.25, 0.3) is 0 Å². The van der Waals surface area contributed by atoms with Gasteiger partial charge in [-0.3, -0.25) is 4.90 Å². The summed E-state index contributed by atoms with van der Waals surface area (Å²) >= 11 is 3.29. The molecule has 2 heterocycles. The van der Waals surface area contributed by atoms with Crippen molar-refractivity contribution >= 4 is 32.9 Å². The molecule has 0 aliphatic carbocycles. The molecular weight excluding hydrogens is 326 g/mol. The molecule has 0 saturated carbocycles. The van der Waals surface area contributed by atoms with Gasteiger partial charge in [0.15, 0.2) is 9.84 Å². The van der Waals surface area contributed by atoms with Crippen molar-refractivity contribution in [3.05, 3.63) is 21.9 Å². The van der Waals surface area contributed by atoms with Gasteiger partial charge in [0.05, 0.1) is 0 Å². The van der Waals surface area contributed by atoms with Crippen molar-refractivity contribution in [3.63, 3.8) is 0 Å². The zero-order valence-electron chi connectivity index (χ0n) is 11.9. The normalized spacial score (nSPS) is 20.0. The Morgan fingerprint density at radius 2 is 2.33 bits per heavy atom. The molecule has 0 spiro atoms. The molecule has 4 nitrogen and oxygen atoms in total. The van der Waals surface area contributed by atoms with Gasteiger partial charge in [-0.1, -0.05) is 18.8 Å². The Balaban J connectivity index is 2.11. The molecule has 116 valence electrons. The third-order valence-corrected chi connectivity index (χ3v) is 7.59. The number of hydrogen-bond acceptors (Lipinski definition) is 6. The van der Waals surface area contributed by atoms with Crippen LogP contribution in [0.2, 0.25) is 0 Å². The third-order valence-electron chi connectivity index (χ3n) is 3.33. The van der Waals surface area contributed by atoms with Gasteiger partial charge in [0.2, 0.25) is 0 Å². The Kier molecular flexibility index (Phi) is 6.14. The molecule has 1 aromatic heterocycles. The molecular formula is C14H19NO3S3. The maximum absolute atomic E-state index is 12.2. The first-order valence-electron chi connectivity index (χ1n) is 6.77. The maximum Gasteiger partial charge on any atom is 0.166 e. The number of aliphatic hydroxyl groups excluding tert-OH is 1. The first-order valence-corrected chi connectivity index (χ1v) is 10.5. The summed E-state index contributed by atoms with van der Waals surface area (Å²) < 4.78 is 24.4. The van der Waals surface area contributed by atoms with Crippen LogP contribution in [-0.2, 0) is 16.4 Å². The lowest BCUT2D eigenvalue weighted by Gasteiger charge is -2.34. The molecule has 2 rings (SSSR count). The standard InChI is InChI=1S/C14H19NO3S3/c1-2-21(17,18)14-11-19-7-5-15(14)9-13-8-12(10-20-13)4-3-6-16/h8,10,14,16H,2,5-7,9,11H2,1H3. The van der Waals surface area contributed by atoms with Gasteiger partial charge in [-0.15, -0.1) is 11.3 Å². The van der Waals surface area contributed by atoms with Crippen molar-refractivity contribution in [1.82, 2.24) is 4.90 Å². The fraction of sp³-hybridized carbons (Fsp3) is 0.571. The zero-order chi connectivity index (χ0) is 15.3. The van der Waals surface area contributed by atoms with E-state index in [2.05, 4.69) is 16.7 Å². The fourth-order valence-electron chi connectivity index (χ4n) is 2.19. The second-order valence-corrected chi connectivity index (χ2v) is 9.31. The molecule has 0 aromatic carbocycles. The van der Waals surface area contributed by atoms with Gasteiger partial charge >= 0.3 is 0 Å². The largest absolute Gasteiger partial charge is 0.384 e. The SMILES string of the molecule is CCS(=O)(=O)C1CSCCN1Cc1cc(C#CCO)cs1. The van der Waals surface area contributed by atoms with E-state index in [1.54, 1.807) is 30.0 Å². The van der Waals surface area contributed by atoms with Crippen molar-refractivity contribution < 1.29 is 13.5 Å². The number of rotatable bonds is 4. The van der Waals surface area contributed by atoms with Gasteiger partial charge in [0.1, 0.15) is 12.0 Å². The number of nitrogens with zero attached hydrogens (tertiary/aromatic N) is 1. The van der Waals surface area contributed by atoms with E-state index < -0.39 is 9.84 Å². The van der Waals surface area contributed by atoms with E-state index >= 15 is 0 Å². The number of aliphatic hydroxyl groups is 1. The quantitative estimate of drug-likeness (QED) is 0.836. The zero-order valence-corrected chi connectivity index (χ0v) is 14.4.